The van der Waals surface area contributed by atoms with Crippen LogP contribution in [0.3, 0.4) is 0 Å². The first kappa shape index (κ1) is 12.7. The maximum absolute atomic E-state index is 12.3. The largest absolute Gasteiger partial charge is 0.506 e. The third-order valence-corrected chi connectivity index (χ3v) is 2.35. The molecule has 0 saturated heterocycles. The molecule has 0 spiro atoms. The Morgan fingerprint density at radius 3 is 2.50 bits per heavy atom. The van der Waals surface area contributed by atoms with Gasteiger partial charge in [0.15, 0.2) is 0 Å². The fraction of sp³-hybridized carbons (Fsp3) is 0.273. The van der Waals surface area contributed by atoms with E-state index in [1.165, 1.54) is 0 Å². The Bertz CT molecular complexity index is 387. The van der Waals surface area contributed by atoms with Crippen LogP contribution in [0.4, 0.5) is 18.6 Å². The fourth-order valence-electron chi connectivity index (χ4n) is 1.36. The topological polar surface area (TPSA) is 3.24 Å². The number of anilines is 1. The average Bonchev–Trinajstić information content (AvgIpc) is 2.16. The van der Waals surface area contributed by atoms with E-state index in [2.05, 4.69) is 6.58 Å². The van der Waals surface area contributed by atoms with Crippen molar-refractivity contribution < 1.29 is 12.9 Å². The second-order valence-electron chi connectivity index (χ2n) is 3.93. The summed E-state index contributed by atoms with van der Waals surface area (Å²) in [7, 11) is 1.63. The Kier molecular flexibility index (Phi) is 3.68. The zero-order valence-electron chi connectivity index (χ0n) is 9.38. The van der Waals surface area contributed by atoms with Crippen molar-refractivity contribution in [3.05, 3.63) is 41.9 Å². The second-order valence-corrected chi connectivity index (χ2v) is 3.93. The Labute approximate surface area is 93.6 Å². The van der Waals surface area contributed by atoms with Crippen molar-refractivity contribution >= 4 is 12.7 Å². The van der Waals surface area contributed by atoms with Gasteiger partial charge in [0.05, 0.1) is 0 Å². The number of aryl methyl sites for hydroxylation is 1. The normalized spacial score (nSPS) is 11.3. The van der Waals surface area contributed by atoms with Crippen molar-refractivity contribution in [1.82, 2.24) is 0 Å². The van der Waals surface area contributed by atoms with Gasteiger partial charge in [-0.3, -0.25) is 0 Å². The van der Waals surface area contributed by atoms with E-state index in [1.807, 2.05) is 25.1 Å². The molecular formula is C11H14BF3N-. The Hall–Kier alpha value is -1.39. The molecule has 0 N–H and O–H groups in total. The summed E-state index contributed by atoms with van der Waals surface area (Å²) < 4.78 is 37.0. The van der Waals surface area contributed by atoms with E-state index in [9.17, 15) is 12.9 Å². The van der Waals surface area contributed by atoms with Crippen molar-refractivity contribution in [2.45, 2.75) is 6.92 Å². The smallest absolute Gasteiger partial charge is 0.445 e. The molecule has 0 fully saturated rings. The van der Waals surface area contributed by atoms with E-state index in [-0.39, 0.29) is 6.54 Å². The van der Waals surface area contributed by atoms with E-state index < -0.39 is 12.4 Å². The summed E-state index contributed by atoms with van der Waals surface area (Å²) in [5.41, 5.74) is 1.11. The Morgan fingerprint density at radius 1 is 1.38 bits per heavy atom. The van der Waals surface area contributed by atoms with Crippen LogP contribution in [0.1, 0.15) is 5.56 Å². The SMILES string of the molecule is C=C(CN(C)c1cccc(C)c1)[B-](F)(F)F. The Balaban J connectivity index is 2.73. The van der Waals surface area contributed by atoms with Crippen molar-refractivity contribution in [3.63, 3.8) is 0 Å². The van der Waals surface area contributed by atoms with E-state index >= 15 is 0 Å². The molecular weight excluding hydrogens is 214 g/mol. The predicted octanol–water partition coefficient (Wildman–Crippen LogP) is 3.37. The average molecular weight is 228 g/mol. The van der Waals surface area contributed by atoms with Gasteiger partial charge in [0, 0.05) is 19.3 Å². The monoisotopic (exact) mass is 228 g/mol. The molecule has 0 amide bonds. The summed E-state index contributed by atoms with van der Waals surface area (Å²) in [5.74, 6) is 0. The lowest BCUT2D eigenvalue weighted by Gasteiger charge is -2.26. The van der Waals surface area contributed by atoms with Crippen molar-refractivity contribution in [3.8, 4) is 0 Å². The molecule has 5 heteroatoms. The first-order valence-electron chi connectivity index (χ1n) is 4.96. The van der Waals surface area contributed by atoms with Crippen LogP contribution >= 0.6 is 0 Å². The molecule has 0 aliphatic carbocycles. The lowest BCUT2D eigenvalue weighted by molar-refractivity contribution is 0.488. The minimum Gasteiger partial charge on any atom is -0.445 e. The number of likely N-dealkylation sites (N-methyl/N-ethyl adjacent to an activating group) is 1. The quantitative estimate of drug-likeness (QED) is 0.714. The first-order valence-corrected chi connectivity index (χ1v) is 4.96. The van der Waals surface area contributed by atoms with Crippen LogP contribution in [0.2, 0.25) is 0 Å². The zero-order chi connectivity index (χ0) is 12.3. The van der Waals surface area contributed by atoms with Crippen LogP contribution in [0, 0.1) is 6.92 Å². The number of halogens is 3. The van der Waals surface area contributed by atoms with E-state index in [1.54, 1.807) is 18.0 Å². The summed E-state index contributed by atoms with van der Waals surface area (Å²) in [6, 6.07) is 7.35. The van der Waals surface area contributed by atoms with E-state index in [0.29, 0.717) is 0 Å². The number of hydrogen-bond acceptors (Lipinski definition) is 1. The van der Waals surface area contributed by atoms with Gasteiger partial charge in [-0.1, -0.05) is 12.1 Å². The van der Waals surface area contributed by atoms with Crippen LogP contribution in [0.15, 0.2) is 36.3 Å². The molecule has 0 aliphatic rings. The molecule has 0 aromatic heterocycles. The van der Waals surface area contributed by atoms with Gasteiger partial charge >= 0.3 is 6.98 Å². The number of rotatable bonds is 4. The maximum atomic E-state index is 12.3. The first-order chi connectivity index (χ1) is 7.30. The number of benzene rings is 1. The lowest BCUT2D eigenvalue weighted by Crippen LogP contribution is -2.30. The number of hydrogen-bond donors (Lipinski definition) is 0. The molecule has 1 nitrogen and oxygen atoms in total. The van der Waals surface area contributed by atoms with Gasteiger partial charge < -0.3 is 17.8 Å². The molecule has 0 radical (unpaired) electrons. The molecule has 1 aromatic rings. The summed E-state index contributed by atoms with van der Waals surface area (Å²) in [6.45, 7) is -0.154. The van der Waals surface area contributed by atoms with Gasteiger partial charge in [0.2, 0.25) is 0 Å². The molecule has 0 unspecified atom stereocenters. The molecule has 0 heterocycles. The van der Waals surface area contributed by atoms with E-state index in [0.717, 1.165) is 11.3 Å². The summed E-state index contributed by atoms with van der Waals surface area (Å²) in [6.07, 6.45) is 0. The predicted molar refractivity (Wildman–Crippen MR) is 62.7 cm³/mol. The molecule has 1 rings (SSSR count). The minimum atomic E-state index is -4.94. The minimum absolute atomic E-state index is 0.188. The third kappa shape index (κ3) is 3.33. The van der Waals surface area contributed by atoms with Crippen LogP contribution < -0.4 is 4.90 Å². The highest BCUT2D eigenvalue weighted by molar-refractivity contribution is 6.66. The molecule has 88 valence electrons. The maximum Gasteiger partial charge on any atom is 0.506 e. The fourth-order valence-corrected chi connectivity index (χ4v) is 1.36. The van der Waals surface area contributed by atoms with Crippen LogP contribution in [0.5, 0.6) is 0 Å². The molecule has 1 aromatic carbocycles. The van der Waals surface area contributed by atoms with Gasteiger partial charge in [0.25, 0.3) is 0 Å². The third-order valence-electron chi connectivity index (χ3n) is 2.35. The van der Waals surface area contributed by atoms with Crippen molar-refractivity contribution in [2.75, 3.05) is 18.5 Å². The molecule has 0 saturated carbocycles. The summed E-state index contributed by atoms with van der Waals surface area (Å²) in [5, 5.41) is 0. The van der Waals surface area contributed by atoms with Gasteiger partial charge in [0.1, 0.15) is 0 Å². The zero-order valence-corrected chi connectivity index (χ0v) is 9.38. The summed E-state index contributed by atoms with van der Waals surface area (Å²) in [4.78, 5) is 1.55. The standard InChI is InChI=1S/C11H14BF3N/c1-9-5-4-6-11(7-9)16(3)8-10(2)12(13,14)15/h4-7H,2,8H2,1,3H3/q-1. The molecule has 16 heavy (non-hydrogen) atoms. The van der Waals surface area contributed by atoms with Gasteiger partial charge in [-0.2, -0.15) is 0 Å². The lowest BCUT2D eigenvalue weighted by atomic mass is 9.80. The Morgan fingerprint density at radius 2 is 2.00 bits per heavy atom. The van der Waals surface area contributed by atoms with Crippen LogP contribution in [-0.4, -0.2) is 20.6 Å². The van der Waals surface area contributed by atoms with Gasteiger partial charge in [-0.05, 0) is 24.6 Å². The van der Waals surface area contributed by atoms with E-state index in [4.69, 9.17) is 0 Å². The highest BCUT2D eigenvalue weighted by Crippen LogP contribution is 2.21. The molecule has 0 atom stereocenters. The van der Waals surface area contributed by atoms with Crippen molar-refractivity contribution in [2.24, 2.45) is 0 Å². The van der Waals surface area contributed by atoms with Gasteiger partial charge in [-0.15, -0.1) is 12.1 Å². The summed E-state index contributed by atoms with van der Waals surface area (Å²) >= 11 is 0. The van der Waals surface area contributed by atoms with Gasteiger partial charge in [-0.25, -0.2) is 0 Å². The molecule has 0 aliphatic heterocycles. The van der Waals surface area contributed by atoms with Crippen LogP contribution in [-0.2, 0) is 0 Å². The second kappa shape index (κ2) is 4.64. The van der Waals surface area contributed by atoms with Crippen molar-refractivity contribution in [1.29, 1.82) is 0 Å². The molecule has 0 bridgehead atoms. The highest BCUT2D eigenvalue weighted by atomic mass is 19.4. The number of nitrogens with zero attached hydrogens (tertiary/aromatic N) is 1. The highest BCUT2D eigenvalue weighted by Gasteiger charge is 2.27. The van der Waals surface area contributed by atoms with Crippen LogP contribution in [0.25, 0.3) is 0 Å².